The van der Waals surface area contributed by atoms with Crippen molar-refractivity contribution in [3.63, 3.8) is 0 Å². The summed E-state index contributed by atoms with van der Waals surface area (Å²) in [4.78, 5) is 16.7. The fraction of sp³-hybridized carbons (Fsp3) is 0. The molecule has 4 nitrogen and oxygen atoms in total. The molecule has 0 spiro atoms. The van der Waals surface area contributed by atoms with Crippen molar-refractivity contribution in [2.24, 2.45) is 0 Å². The van der Waals surface area contributed by atoms with E-state index in [9.17, 15) is 4.79 Å². The number of halogens is 1. The number of pyridine rings is 1. The number of anilines is 2. The first-order valence-corrected chi connectivity index (χ1v) is 7.14. The molecule has 3 rings (SSSR count). The van der Waals surface area contributed by atoms with Crippen LogP contribution in [0.4, 0.5) is 11.4 Å². The van der Waals surface area contributed by atoms with E-state index >= 15 is 0 Å². The van der Waals surface area contributed by atoms with Crippen LogP contribution in [0.3, 0.4) is 0 Å². The highest BCUT2D eigenvalue weighted by Gasteiger charge is 2.12. The Balaban J connectivity index is 1.99. The minimum atomic E-state index is -0.257. The molecule has 0 radical (unpaired) electrons. The molecule has 104 valence electrons. The zero-order valence-corrected chi connectivity index (χ0v) is 12.6. The maximum atomic E-state index is 12.4. The fourth-order valence-electron chi connectivity index (χ4n) is 2.12. The Hall–Kier alpha value is -2.40. The zero-order chi connectivity index (χ0) is 14.8. The summed E-state index contributed by atoms with van der Waals surface area (Å²) in [7, 11) is 0. The second-order valence-electron chi connectivity index (χ2n) is 4.57. The van der Waals surface area contributed by atoms with Crippen molar-refractivity contribution in [2.75, 3.05) is 11.1 Å². The molecule has 3 N–H and O–H groups in total. The van der Waals surface area contributed by atoms with Crippen molar-refractivity contribution in [1.82, 2.24) is 4.98 Å². The average molecular weight is 342 g/mol. The molecular formula is C16H12BrN3O. The molecule has 0 atom stereocenters. The van der Waals surface area contributed by atoms with Gasteiger partial charge in [0.1, 0.15) is 0 Å². The molecule has 21 heavy (non-hydrogen) atoms. The van der Waals surface area contributed by atoms with Crippen molar-refractivity contribution in [3.05, 3.63) is 64.8 Å². The van der Waals surface area contributed by atoms with Gasteiger partial charge in [-0.15, -0.1) is 0 Å². The van der Waals surface area contributed by atoms with Gasteiger partial charge in [0.25, 0.3) is 5.91 Å². The Labute approximate surface area is 130 Å². The SMILES string of the molecule is Nc1ccc(Br)cc1C(=O)Nc1cccc2cccnc12. The summed E-state index contributed by atoms with van der Waals surface area (Å²) in [6.45, 7) is 0. The monoisotopic (exact) mass is 341 g/mol. The van der Waals surface area contributed by atoms with Crippen LogP contribution in [0.25, 0.3) is 10.9 Å². The van der Waals surface area contributed by atoms with E-state index in [0.717, 1.165) is 15.4 Å². The highest BCUT2D eigenvalue weighted by atomic mass is 79.9. The molecule has 1 amide bonds. The highest BCUT2D eigenvalue weighted by Crippen LogP contribution is 2.23. The van der Waals surface area contributed by atoms with Crippen molar-refractivity contribution in [3.8, 4) is 0 Å². The number of fused-ring (bicyclic) bond motifs is 1. The van der Waals surface area contributed by atoms with Crippen molar-refractivity contribution in [2.45, 2.75) is 0 Å². The third-order valence-corrected chi connectivity index (χ3v) is 3.63. The minimum absolute atomic E-state index is 0.257. The third kappa shape index (κ3) is 2.73. The molecule has 0 unspecified atom stereocenters. The van der Waals surface area contributed by atoms with E-state index in [1.165, 1.54) is 0 Å². The molecule has 1 aromatic heterocycles. The number of amides is 1. The number of aromatic nitrogens is 1. The molecule has 0 aliphatic heterocycles. The van der Waals surface area contributed by atoms with Crippen LogP contribution in [-0.2, 0) is 0 Å². The first-order valence-electron chi connectivity index (χ1n) is 6.35. The number of hydrogen-bond acceptors (Lipinski definition) is 3. The molecule has 0 bridgehead atoms. The quantitative estimate of drug-likeness (QED) is 0.696. The van der Waals surface area contributed by atoms with Crippen LogP contribution in [0.5, 0.6) is 0 Å². The number of benzene rings is 2. The van der Waals surface area contributed by atoms with Crippen LogP contribution in [-0.4, -0.2) is 10.9 Å². The van der Waals surface area contributed by atoms with Crippen molar-refractivity contribution < 1.29 is 4.79 Å². The Morgan fingerprint density at radius 3 is 2.81 bits per heavy atom. The van der Waals surface area contributed by atoms with Gasteiger partial charge in [-0.25, -0.2) is 0 Å². The lowest BCUT2D eigenvalue weighted by Gasteiger charge is -2.10. The minimum Gasteiger partial charge on any atom is -0.398 e. The fourth-order valence-corrected chi connectivity index (χ4v) is 2.48. The zero-order valence-electron chi connectivity index (χ0n) is 11.0. The number of rotatable bonds is 2. The van der Waals surface area contributed by atoms with Crippen LogP contribution in [0.15, 0.2) is 59.2 Å². The van der Waals surface area contributed by atoms with Gasteiger partial charge in [-0.1, -0.05) is 34.1 Å². The van der Waals surface area contributed by atoms with Gasteiger partial charge in [0, 0.05) is 21.7 Å². The van der Waals surface area contributed by atoms with Crippen LogP contribution in [0, 0.1) is 0 Å². The molecule has 0 saturated carbocycles. The Bertz CT molecular complexity index is 827. The van der Waals surface area contributed by atoms with Gasteiger partial charge in [-0.05, 0) is 30.3 Å². The standard InChI is InChI=1S/C16H12BrN3O/c17-11-6-7-13(18)12(9-11)16(21)20-14-5-1-3-10-4-2-8-19-15(10)14/h1-9H,18H2,(H,20,21). The number of nitrogens with zero attached hydrogens (tertiary/aromatic N) is 1. The molecular weight excluding hydrogens is 330 g/mol. The predicted molar refractivity (Wildman–Crippen MR) is 88.3 cm³/mol. The third-order valence-electron chi connectivity index (χ3n) is 3.14. The summed E-state index contributed by atoms with van der Waals surface area (Å²) >= 11 is 3.34. The topological polar surface area (TPSA) is 68.0 Å². The van der Waals surface area contributed by atoms with Crippen LogP contribution in [0.2, 0.25) is 0 Å². The van der Waals surface area contributed by atoms with E-state index in [0.29, 0.717) is 16.9 Å². The highest BCUT2D eigenvalue weighted by molar-refractivity contribution is 9.10. The lowest BCUT2D eigenvalue weighted by Crippen LogP contribution is -2.14. The second-order valence-corrected chi connectivity index (χ2v) is 5.48. The number of nitrogens with one attached hydrogen (secondary N) is 1. The molecule has 0 aliphatic carbocycles. The summed E-state index contributed by atoms with van der Waals surface area (Å²) in [6.07, 6.45) is 1.70. The van der Waals surface area contributed by atoms with Crippen molar-refractivity contribution in [1.29, 1.82) is 0 Å². The van der Waals surface area contributed by atoms with Gasteiger partial charge in [0.2, 0.25) is 0 Å². The number of nitrogens with two attached hydrogens (primary N) is 1. The molecule has 1 heterocycles. The first kappa shape index (κ1) is 13.6. The molecule has 3 aromatic rings. The van der Waals surface area contributed by atoms with E-state index in [-0.39, 0.29) is 5.91 Å². The lowest BCUT2D eigenvalue weighted by molar-refractivity contribution is 0.102. The number of hydrogen-bond donors (Lipinski definition) is 2. The number of para-hydroxylation sites is 1. The van der Waals surface area contributed by atoms with E-state index in [1.54, 1.807) is 24.4 Å². The number of carbonyl (C=O) groups excluding carboxylic acids is 1. The van der Waals surface area contributed by atoms with E-state index in [1.807, 2.05) is 30.3 Å². The van der Waals surface area contributed by atoms with Gasteiger partial charge in [0.05, 0.1) is 16.8 Å². The van der Waals surface area contributed by atoms with Gasteiger partial charge >= 0.3 is 0 Å². The van der Waals surface area contributed by atoms with Gasteiger partial charge in [-0.3, -0.25) is 9.78 Å². The normalized spacial score (nSPS) is 10.5. The summed E-state index contributed by atoms with van der Waals surface area (Å²) in [5.41, 5.74) is 8.14. The summed E-state index contributed by atoms with van der Waals surface area (Å²) in [5.74, 6) is -0.257. The second kappa shape index (κ2) is 5.54. The van der Waals surface area contributed by atoms with Gasteiger partial charge in [0.15, 0.2) is 0 Å². The van der Waals surface area contributed by atoms with Crippen molar-refractivity contribution >= 4 is 44.1 Å². The Morgan fingerprint density at radius 2 is 1.95 bits per heavy atom. The molecule has 0 aliphatic rings. The predicted octanol–water partition coefficient (Wildman–Crippen LogP) is 3.83. The first-order chi connectivity index (χ1) is 10.1. The summed E-state index contributed by atoms with van der Waals surface area (Å²) in [6, 6.07) is 14.7. The van der Waals surface area contributed by atoms with Gasteiger partial charge < -0.3 is 11.1 Å². The van der Waals surface area contributed by atoms with Crippen LogP contribution in [0.1, 0.15) is 10.4 Å². The van der Waals surface area contributed by atoms with Crippen LogP contribution < -0.4 is 11.1 Å². The molecule has 0 fully saturated rings. The Morgan fingerprint density at radius 1 is 1.14 bits per heavy atom. The maximum absolute atomic E-state index is 12.4. The smallest absolute Gasteiger partial charge is 0.257 e. The van der Waals surface area contributed by atoms with E-state index < -0.39 is 0 Å². The van der Waals surface area contributed by atoms with Crippen LogP contribution >= 0.6 is 15.9 Å². The largest absolute Gasteiger partial charge is 0.398 e. The molecule has 2 aromatic carbocycles. The number of nitrogen functional groups attached to an aromatic ring is 1. The average Bonchev–Trinajstić information content (AvgIpc) is 2.50. The summed E-state index contributed by atoms with van der Waals surface area (Å²) in [5, 5.41) is 3.84. The molecule has 5 heteroatoms. The molecule has 0 saturated heterocycles. The maximum Gasteiger partial charge on any atom is 0.257 e. The van der Waals surface area contributed by atoms with Gasteiger partial charge in [-0.2, -0.15) is 0 Å². The van der Waals surface area contributed by atoms with E-state index in [4.69, 9.17) is 5.73 Å². The Kier molecular flexibility index (Phi) is 3.58. The van der Waals surface area contributed by atoms with E-state index in [2.05, 4.69) is 26.2 Å². The lowest BCUT2D eigenvalue weighted by atomic mass is 10.1. The summed E-state index contributed by atoms with van der Waals surface area (Å²) < 4.78 is 0.804. The number of carbonyl (C=O) groups is 1.